The molecule has 0 aromatic heterocycles. The number of carbonyl (C=O) groups excluding carboxylic acids is 2. The minimum absolute atomic E-state index is 0.0224. The lowest BCUT2D eigenvalue weighted by Gasteiger charge is -2.17. The van der Waals surface area contributed by atoms with Crippen molar-refractivity contribution < 1.29 is 18.7 Å². The predicted octanol–water partition coefficient (Wildman–Crippen LogP) is 1.19. The summed E-state index contributed by atoms with van der Waals surface area (Å²) in [6.07, 6.45) is -0.120. The Kier molecular flexibility index (Phi) is 4.77. The Morgan fingerprint density at radius 2 is 2.24 bits per heavy atom. The van der Waals surface area contributed by atoms with Crippen LogP contribution in [0.3, 0.4) is 0 Å². The molecule has 6 heteroatoms. The van der Waals surface area contributed by atoms with E-state index in [-0.39, 0.29) is 42.6 Å². The van der Waals surface area contributed by atoms with Gasteiger partial charge in [0.15, 0.2) is 11.6 Å². The Labute approximate surface area is 123 Å². The zero-order valence-corrected chi connectivity index (χ0v) is 12.1. The minimum atomic E-state index is -0.432. The summed E-state index contributed by atoms with van der Waals surface area (Å²) in [5.41, 5.74) is 0. The van der Waals surface area contributed by atoms with Crippen molar-refractivity contribution in [2.45, 2.75) is 19.4 Å². The molecule has 1 aromatic rings. The van der Waals surface area contributed by atoms with Gasteiger partial charge in [0.2, 0.25) is 11.8 Å². The van der Waals surface area contributed by atoms with E-state index in [2.05, 4.69) is 5.32 Å². The molecule has 114 valence electrons. The first kappa shape index (κ1) is 15.3. The molecule has 1 aliphatic rings. The van der Waals surface area contributed by atoms with E-state index in [9.17, 15) is 14.0 Å². The quantitative estimate of drug-likeness (QED) is 0.887. The first-order valence-corrected chi connectivity index (χ1v) is 6.90. The van der Waals surface area contributed by atoms with Crippen molar-refractivity contribution in [1.29, 1.82) is 0 Å². The number of halogens is 1. The fourth-order valence-electron chi connectivity index (χ4n) is 2.23. The Morgan fingerprint density at radius 3 is 2.86 bits per heavy atom. The second kappa shape index (κ2) is 6.56. The largest absolute Gasteiger partial charge is 0.486 e. The highest BCUT2D eigenvalue weighted by Gasteiger charge is 2.32. The zero-order chi connectivity index (χ0) is 15.4. The molecule has 1 aliphatic heterocycles. The van der Waals surface area contributed by atoms with Gasteiger partial charge in [0, 0.05) is 20.0 Å². The molecule has 2 rings (SSSR count). The summed E-state index contributed by atoms with van der Waals surface area (Å²) in [5, 5.41) is 2.74. The standard InChI is InChI=1S/C15H19FN2O3/c1-10(21-13-6-4-3-5-12(13)16)8-17-15(20)11-7-14(19)18(2)9-11/h3-6,10-11H,7-9H2,1-2H3,(H,17,20)/t10-,11-/m0/s1. The predicted molar refractivity (Wildman–Crippen MR) is 75.2 cm³/mol. The van der Waals surface area contributed by atoms with Crippen LogP contribution >= 0.6 is 0 Å². The Balaban J connectivity index is 1.79. The van der Waals surface area contributed by atoms with Gasteiger partial charge in [-0.3, -0.25) is 9.59 Å². The molecule has 1 fully saturated rings. The van der Waals surface area contributed by atoms with Crippen molar-refractivity contribution in [3.63, 3.8) is 0 Å². The molecule has 1 aromatic carbocycles. The van der Waals surface area contributed by atoms with Crippen molar-refractivity contribution in [1.82, 2.24) is 10.2 Å². The van der Waals surface area contributed by atoms with Crippen molar-refractivity contribution in [2.24, 2.45) is 5.92 Å². The van der Waals surface area contributed by atoms with Crippen LogP contribution in [0.25, 0.3) is 0 Å². The maximum atomic E-state index is 13.4. The molecule has 0 radical (unpaired) electrons. The van der Waals surface area contributed by atoms with Gasteiger partial charge < -0.3 is 15.0 Å². The number of carbonyl (C=O) groups is 2. The van der Waals surface area contributed by atoms with Gasteiger partial charge in [-0.1, -0.05) is 12.1 Å². The van der Waals surface area contributed by atoms with Crippen molar-refractivity contribution in [3.8, 4) is 5.75 Å². The van der Waals surface area contributed by atoms with E-state index < -0.39 is 5.82 Å². The number of hydrogen-bond acceptors (Lipinski definition) is 3. The molecule has 2 amide bonds. The molecule has 21 heavy (non-hydrogen) atoms. The summed E-state index contributed by atoms with van der Waals surface area (Å²) in [4.78, 5) is 24.9. The lowest BCUT2D eigenvalue weighted by molar-refractivity contribution is -0.128. The number of hydrogen-bond donors (Lipinski definition) is 1. The number of nitrogens with zero attached hydrogens (tertiary/aromatic N) is 1. The van der Waals surface area contributed by atoms with Gasteiger partial charge in [0.25, 0.3) is 0 Å². The highest BCUT2D eigenvalue weighted by atomic mass is 19.1. The average Bonchev–Trinajstić information content (AvgIpc) is 2.79. The van der Waals surface area contributed by atoms with E-state index in [4.69, 9.17) is 4.74 Å². The molecule has 0 bridgehead atoms. The topological polar surface area (TPSA) is 58.6 Å². The molecule has 2 atom stereocenters. The van der Waals surface area contributed by atoms with Crippen LogP contribution in [0.2, 0.25) is 0 Å². The van der Waals surface area contributed by atoms with E-state index in [1.807, 2.05) is 0 Å². The lowest BCUT2D eigenvalue weighted by atomic mass is 10.1. The van der Waals surface area contributed by atoms with Crippen LogP contribution in [0.5, 0.6) is 5.75 Å². The number of ether oxygens (including phenoxy) is 1. The van der Waals surface area contributed by atoms with E-state index in [1.165, 1.54) is 12.1 Å². The van der Waals surface area contributed by atoms with Gasteiger partial charge >= 0.3 is 0 Å². The number of benzene rings is 1. The maximum absolute atomic E-state index is 13.4. The Bertz CT molecular complexity index is 535. The third-order valence-corrected chi connectivity index (χ3v) is 3.44. The number of para-hydroxylation sites is 1. The van der Waals surface area contributed by atoms with E-state index in [0.29, 0.717) is 6.54 Å². The molecule has 0 aliphatic carbocycles. The van der Waals surface area contributed by atoms with Gasteiger partial charge in [-0.05, 0) is 19.1 Å². The highest BCUT2D eigenvalue weighted by Crippen LogP contribution is 2.18. The van der Waals surface area contributed by atoms with E-state index in [0.717, 1.165) is 0 Å². The summed E-state index contributed by atoms with van der Waals surface area (Å²) in [5.74, 6) is -0.778. The van der Waals surface area contributed by atoms with Gasteiger partial charge in [0.1, 0.15) is 6.10 Å². The molecule has 1 heterocycles. The first-order chi connectivity index (χ1) is 9.97. The molecule has 5 nitrogen and oxygen atoms in total. The summed E-state index contributed by atoms with van der Waals surface area (Å²) >= 11 is 0. The molecule has 0 saturated carbocycles. The normalized spacial score (nSPS) is 19.5. The van der Waals surface area contributed by atoms with E-state index in [1.54, 1.807) is 31.0 Å². The van der Waals surface area contributed by atoms with Crippen LogP contribution in [0.4, 0.5) is 4.39 Å². The van der Waals surface area contributed by atoms with Gasteiger partial charge in [-0.2, -0.15) is 0 Å². The monoisotopic (exact) mass is 294 g/mol. The zero-order valence-electron chi connectivity index (χ0n) is 12.1. The summed E-state index contributed by atoms with van der Waals surface area (Å²) in [6.45, 7) is 2.45. The van der Waals surface area contributed by atoms with Crippen LogP contribution in [-0.2, 0) is 9.59 Å². The smallest absolute Gasteiger partial charge is 0.225 e. The van der Waals surface area contributed by atoms with Gasteiger partial charge in [0.05, 0.1) is 12.5 Å². The molecule has 0 unspecified atom stereocenters. The summed E-state index contributed by atoms with van der Waals surface area (Å²) in [7, 11) is 1.68. The number of rotatable bonds is 5. The minimum Gasteiger partial charge on any atom is -0.486 e. The third-order valence-electron chi connectivity index (χ3n) is 3.44. The lowest BCUT2D eigenvalue weighted by Crippen LogP contribution is -2.38. The maximum Gasteiger partial charge on any atom is 0.225 e. The highest BCUT2D eigenvalue weighted by molar-refractivity contribution is 5.89. The number of nitrogens with one attached hydrogen (secondary N) is 1. The number of amides is 2. The summed E-state index contributed by atoms with van der Waals surface area (Å²) < 4.78 is 18.9. The Morgan fingerprint density at radius 1 is 1.52 bits per heavy atom. The van der Waals surface area contributed by atoms with Crippen molar-refractivity contribution >= 4 is 11.8 Å². The van der Waals surface area contributed by atoms with Crippen LogP contribution < -0.4 is 10.1 Å². The molecular formula is C15H19FN2O3. The van der Waals surface area contributed by atoms with E-state index >= 15 is 0 Å². The van der Waals surface area contributed by atoms with Gasteiger partial charge in [-0.25, -0.2) is 4.39 Å². The fourth-order valence-corrected chi connectivity index (χ4v) is 2.23. The van der Waals surface area contributed by atoms with Crippen molar-refractivity contribution in [3.05, 3.63) is 30.1 Å². The van der Waals surface area contributed by atoms with Crippen LogP contribution in [0, 0.1) is 11.7 Å². The van der Waals surface area contributed by atoms with Crippen LogP contribution in [0.15, 0.2) is 24.3 Å². The average molecular weight is 294 g/mol. The molecular weight excluding hydrogens is 275 g/mol. The molecule has 0 spiro atoms. The SMILES string of the molecule is C[C@@H](CNC(=O)[C@H]1CC(=O)N(C)C1)Oc1ccccc1F. The Hall–Kier alpha value is -2.11. The summed E-state index contributed by atoms with van der Waals surface area (Å²) in [6, 6.07) is 6.13. The fraction of sp³-hybridized carbons (Fsp3) is 0.467. The molecule has 1 N–H and O–H groups in total. The second-order valence-corrected chi connectivity index (χ2v) is 5.28. The first-order valence-electron chi connectivity index (χ1n) is 6.90. The number of likely N-dealkylation sites (tertiary alicyclic amines) is 1. The third kappa shape index (κ3) is 3.93. The molecule has 1 saturated heterocycles. The van der Waals surface area contributed by atoms with Crippen LogP contribution in [0.1, 0.15) is 13.3 Å². The van der Waals surface area contributed by atoms with Crippen LogP contribution in [-0.4, -0.2) is 43.0 Å². The van der Waals surface area contributed by atoms with Gasteiger partial charge in [-0.15, -0.1) is 0 Å². The second-order valence-electron chi connectivity index (χ2n) is 5.28. The van der Waals surface area contributed by atoms with Crippen molar-refractivity contribution in [2.75, 3.05) is 20.1 Å².